The Kier molecular flexibility index (Phi) is 4.10. The summed E-state index contributed by atoms with van der Waals surface area (Å²) in [4.78, 5) is 23.5. The second-order valence-electron chi connectivity index (χ2n) is 5.04. The topological polar surface area (TPSA) is 78.0 Å². The highest BCUT2D eigenvalue weighted by Crippen LogP contribution is 2.36. The molecule has 1 heterocycles. The molecule has 0 saturated heterocycles. The van der Waals surface area contributed by atoms with Gasteiger partial charge in [0.15, 0.2) is 0 Å². The largest absolute Gasteiger partial charge is 0.288 e. The number of carbonyl (C=O) groups excluding carboxylic acids is 1. The van der Waals surface area contributed by atoms with Gasteiger partial charge in [0, 0.05) is 30.3 Å². The van der Waals surface area contributed by atoms with Crippen molar-refractivity contribution in [3.63, 3.8) is 0 Å². The third kappa shape index (κ3) is 2.67. The summed E-state index contributed by atoms with van der Waals surface area (Å²) in [5, 5.41) is 16.1. The average Bonchev–Trinajstić information content (AvgIpc) is 2.89. The highest BCUT2D eigenvalue weighted by atomic mass is 79.9. The normalized spacial score (nSPS) is 11.0. The van der Waals surface area contributed by atoms with E-state index in [9.17, 15) is 19.3 Å². The highest BCUT2D eigenvalue weighted by Gasteiger charge is 2.29. The Hall–Kier alpha value is -2.32. The van der Waals surface area contributed by atoms with Crippen molar-refractivity contribution in [2.75, 3.05) is 0 Å². The summed E-state index contributed by atoms with van der Waals surface area (Å²) in [7, 11) is 1.66. The first kappa shape index (κ1) is 16.5. The Bertz CT molecular complexity index is 1020. The van der Waals surface area contributed by atoms with Gasteiger partial charge in [0.1, 0.15) is 16.9 Å². The van der Waals surface area contributed by atoms with E-state index in [0.29, 0.717) is 10.9 Å². The Morgan fingerprint density at radius 1 is 1.42 bits per heavy atom. The Morgan fingerprint density at radius 2 is 2.12 bits per heavy atom. The quantitative estimate of drug-likeness (QED) is 0.366. The third-order valence-corrected chi connectivity index (χ3v) is 4.53. The molecular weight excluding hydrogens is 405 g/mol. The van der Waals surface area contributed by atoms with Crippen LogP contribution in [0.3, 0.4) is 0 Å². The van der Waals surface area contributed by atoms with Gasteiger partial charge in [-0.2, -0.15) is 5.10 Å². The molecule has 6 nitrogen and oxygen atoms in total. The molecule has 122 valence electrons. The van der Waals surface area contributed by atoms with E-state index >= 15 is 0 Å². The molecular formula is C15H8BrClFN3O3. The number of nitro benzene ring substituents is 1. The van der Waals surface area contributed by atoms with E-state index in [1.165, 1.54) is 16.8 Å². The van der Waals surface area contributed by atoms with Crippen molar-refractivity contribution in [2.24, 2.45) is 7.05 Å². The van der Waals surface area contributed by atoms with Crippen LogP contribution in [0.25, 0.3) is 10.9 Å². The molecule has 24 heavy (non-hydrogen) atoms. The zero-order valence-electron chi connectivity index (χ0n) is 12.1. The van der Waals surface area contributed by atoms with Crippen LogP contribution >= 0.6 is 27.5 Å². The zero-order valence-corrected chi connectivity index (χ0v) is 14.4. The molecule has 1 aromatic heterocycles. The van der Waals surface area contributed by atoms with E-state index in [2.05, 4.69) is 21.0 Å². The van der Waals surface area contributed by atoms with E-state index in [4.69, 9.17) is 11.6 Å². The molecule has 0 N–H and O–H groups in total. The zero-order chi connectivity index (χ0) is 17.6. The molecule has 0 saturated carbocycles. The van der Waals surface area contributed by atoms with Gasteiger partial charge in [0.25, 0.3) is 5.69 Å². The molecule has 0 aliphatic heterocycles. The van der Waals surface area contributed by atoms with E-state index < -0.39 is 22.2 Å². The molecule has 0 bridgehead atoms. The van der Waals surface area contributed by atoms with Crippen molar-refractivity contribution in [3.05, 3.63) is 67.0 Å². The number of hydrogen-bond acceptors (Lipinski definition) is 4. The summed E-state index contributed by atoms with van der Waals surface area (Å²) in [6.07, 6.45) is 1.59. The lowest BCUT2D eigenvalue weighted by molar-refractivity contribution is -0.385. The number of ketones is 1. The van der Waals surface area contributed by atoms with Gasteiger partial charge in [-0.3, -0.25) is 19.6 Å². The van der Waals surface area contributed by atoms with Gasteiger partial charge in [0.2, 0.25) is 5.78 Å². The molecule has 0 amide bonds. The molecule has 0 aliphatic carbocycles. The predicted octanol–water partition coefficient (Wildman–Crippen LogP) is 4.27. The maximum absolute atomic E-state index is 13.5. The van der Waals surface area contributed by atoms with Gasteiger partial charge in [0.05, 0.1) is 14.4 Å². The van der Waals surface area contributed by atoms with Gasteiger partial charge in [-0.25, -0.2) is 4.39 Å². The monoisotopic (exact) mass is 411 g/mol. The van der Waals surface area contributed by atoms with E-state index in [0.717, 1.165) is 12.1 Å². The fraction of sp³-hybridized carbons (Fsp3) is 0.0667. The number of halogens is 3. The fourth-order valence-electron chi connectivity index (χ4n) is 2.40. The summed E-state index contributed by atoms with van der Waals surface area (Å²) in [5.41, 5.74) is -0.402. The molecule has 0 aliphatic rings. The van der Waals surface area contributed by atoms with Crippen LogP contribution in [0.2, 0.25) is 5.02 Å². The van der Waals surface area contributed by atoms with Gasteiger partial charge in [-0.05, 0) is 34.1 Å². The average molecular weight is 413 g/mol. The van der Waals surface area contributed by atoms with Gasteiger partial charge in [-0.1, -0.05) is 11.6 Å². The summed E-state index contributed by atoms with van der Waals surface area (Å²) >= 11 is 9.17. The minimum Gasteiger partial charge on any atom is -0.288 e. The first-order valence-electron chi connectivity index (χ1n) is 6.59. The van der Waals surface area contributed by atoms with Crippen LogP contribution in [0, 0.1) is 15.9 Å². The number of carbonyl (C=O) groups is 1. The van der Waals surface area contributed by atoms with Crippen LogP contribution < -0.4 is 0 Å². The number of nitrogens with zero attached hydrogens (tertiary/aromatic N) is 3. The van der Waals surface area contributed by atoms with Crippen molar-refractivity contribution in [1.82, 2.24) is 9.78 Å². The molecule has 0 spiro atoms. The number of benzene rings is 2. The van der Waals surface area contributed by atoms with Crippen molar-refractivity contribution < 1.29 is 14.1 Å². The van der Waals surface area contributed by atoms with Gasteiger partial charge < -0.3 is 0 Å². The lowest BCUT2D eigenvalue weighted by Crippen LogP contribution is -2.08. The minimum atomic E-state index is -0.759. The van der Waals surface area contributed by atoms with Crippen LogP contribution in [-0.4, -0.2) is 20.5 Å². The Morgan fingerprint density at radius 3 is 2.79 bits per heavy atom. The molecule has 0 unspecified atom stereocenters. The Labute approximate surface area is 148 Å². The van der Waals surface area contributed by atoms with E-state index in [1.54, 1.807) is 13.2 Å². The fourth-order valence-corrected chi connectivity index (χ4v) is 3.29. The van der Waals surface area contributed by atoms with E-state index in [-0.39, 0.29) is 20.6 Å². The maximum Gasteiger partial charge on any atom is 0.282 e. The van der Waals surface area contributed by atoms with Crippen molar-refractivity contribution in [1.29, 1.82) is 0 Å². The molecule has 0 fully saturated rings. The molecule has 0 radical (unpaired) electrons. The molecule has 9 heteroatoms. The van der Waals surface area contributed by atoms with E-state index in [1.807, 2.05) is 0 Å². The molecule has 0 atom stereocenters. The summed E-state index contributed by atoms with van der Waals surface area (Å²) in [6, 6.07) is 4.53. The molecule has 3 rings (SSSR count). The second-order valence-corrected chi connectivity index (χ2v) is 6.24. The van der Waals surface area contributed by atoms with Crippen molar-refractivity contribution in [3.8, 4) is 0 Å². The van der Waals surface area contributed by atoms with Crippen molar-refractivity contribution in [2.45, 2.75) is 0 Å². The van der Waals surface area contributed by atoms with Gasteiger partial charge >= 0.3 is 0 Å². The number of aromatic nitrogens is 2. The first-order valence-corrected chi connectivity index (χ1v) is 7.76. The number of aryl methyl sites for hydroxylation is 1. The number of nitro groups is 1. The summed E-state index contributed by atoms with van der Waals surface area (Å²) in [6.45, 7) is 0. The third-order valence-electron chi connectivity index (χ3n) is 3.43. The van der Waals surface area contributed by atoms with Crippen LogP contribution in [0.4, 0.5) is 10.1 Å². The molecule has 2 aromatic carbocycles. The van der Waals surface area contributed by atoms with Crippen LogP contribution in [-0.2, 0) is 7.05 Å². The lowest BCUT2D eigenvalue weighted by atomic mass is 10.00. The van der Waals surface area contributed by atoms with Crippen LogP contribution in [0.5, 0.6) is 0 Å². The summed E-state index contributed by atoms with van der Waals surface area (Å²) in [5.74, 6) is -1.42. The lowest BCUT2D eigenvalue weighted by Gasteiger charge is -2.07. The Balaban J connectivity index is 2.33. The maximum atomic E-state index is 13.5. The number of fused-ring (bicyclic) bond motifs is 1. The van der Waals surface area contributed by atoms with Crippen molar-refractivity contribution >= 4 is 49.9 Å². The standard InChI is InChI=1S/C15H8BrClFN3O3/c1-20-6-7-4-11(21(23)24)12(13(16)14(7)19-20)15(22)9-5-8(18)2-3-10(9)17/h2-6H,1H3. The van der Waals surface area contributed by atoms with Crippen LogP contribution in [0.1, 0.15) is 15.9 Å². The van der Waals surface area contributed by atoms with Gasteiger partial charge in [-0.15, -0.1) is 0 Å². The highest BCUT2D eigenvalue weighted by molar-refractivity contribution is 9.10. The first-order chi connectivity index (χ1) is 11.3. The number of rotatable bonds is 3. The predicted molar refractivity (Wildman–Crippen MR) is 89.9 cm³/mol. The second kappa shape index (κ2) is 5.95. The SMILES string of the molecule is Cn1cc2cc([N+](=O)[O-])c(C(=O)c3cc(F)ccc3Cl)c(Br)c2n1. The summed E-state index contributed by atoms with van der Waals surface area (Å²) < 4.78 is 15.1. The minimum absolute atomic E-state index is 0.00344. The molecule has 3 aromatic rings. The smallest absolute Gasteiger partial charge is 0.282 e. The van der Waals surface area contributed by atoms with Crippen LogP contribution in [0.15, 0.2) is 34.9 Å². The number of hydrogen-bond donors (Lipinski definition) is 0.